The van der Waals surface area contributed by atoms with Gasteiger partial charge in [-0.3, -0.25) is 9.69 Å². The van der Waals surface area contributed by atoms with Crippen molar-refractivity contribution in [1.29, 1.82) is 0 Å². The molecule has 0 saturated carbocycles. The number of ether oxygens (including phenoxy) is 2. The van der Waals surface area contributed by atoms with Gasteiger partial charge < -0.3 is 14.8 Å². The molecule has 1 N–H and O–H groups in total. The first-order chi connectivity index (χ1) is 12.7. The zero-order valence-corrected chi connectivity index (χ0v) is 15.0. The minimum atomic E-state index is 0.00207. The quantitative estimate of drug-likeness (QED) is 0.917. The van der Waals surface area contributed by atoms with Crippen LogP contribution in [0.4, 0.5) is 5.69 Å². The highest BCUT2D eigenvalue weighted by Gasteiger charge is 2.31. The molecular formula is C21H24N2O3. The highest BCUT2D eigenvalue weighted by atomic mass is 16.6. The highest BCUT2D eigenvalue weighted by molar-refractivity contribution is 5.92. The predicted molar refractivity (Wildman–Crippen MR) is 101 cm³/mol. The van der Waals surface area contributed by atoms with Gasteiger partial charge in [0.25, 0.3) is 0 Å². The van der Waals surface area contributed by atoms with Crippen LogP contribution < -0.4 is 14.8 Å². The molecule has 1 fully saturated rings. The van der Waals surface area contributed by atoms with Gasteiger partial charge in [-0.25, -0.2) is 0 Å². The summed E-state index contributed by atoms with van der Waals surface area (Å²) in [7, 11) is 0. The van der Waals surface area contributed by atoms with Crippen molar-refractivity contribution in [2.75, 3.05) is 31.6 Å². The van der Waals surface area contributed by atoms with Crippen LogP contribution in [0, 0.1) is 0 Å². The standard InChI is InChI=1S/C21H24N2O3/c1-15-11-17(16-5-3-2-4-6-16)13-23(15)14-21(24)22-18-7-8-19-20(12-18)26-10-9-25-19/h2-8,12,15,17H,9-11,13-14H2,1H3,(H,22,24). The molecule has 0 radical (unpaired) electrons. The SMILES string of the molecule is CC1CC(c2ccccc2)CN1CC(=O)Nc1ccc2c(c1)OCCO2. The van der Waals surface area contributed by atoms with E-state index in [4.69, 9.17) is 9.47 Å². The second-order valence-electron chi connectivity index (χ2n) is 7.03. The summed E-state index contributed by atoms with van der Waals surface area (Å²) in [5.74, 6) is 1.91. The molecule has 5 heteroatoms. The van der Waals surface area contributed by atoms with Crippen LogP contribution in [0.2, 0.25) is 0 Å². The Hall–Kier alpha value is -2.53. The molecular weight excluding hydrogens is 328 g/mol. The molecule has 0 spiro atoms. The average Bonchev–Trinajstić information content (AvgIpc) is 3.03. The molecule has 0 aliphatic carbocycles. The van der Waals surface area contributed by atoms with E-state index < -0.39 is 0 Å². The number of amides is 1. The van der Waals surface area contributed by atoms with E-state index in [2.05, 4.69) is 41.4 Å². The Morgan fingerprint density at radius 2 is 1.88 bits per heavy atom. The molecule has 2 aromatic rings. The predicted octanol–water partition coefficient (Wildman–Crippen LogP) is 3.27. The van der Waals surface area contributed by atoms with Gasteiger partial charge in [-0.05, 0) is 37.0 Å². The van der Waals surface area contributed by atoms with E-state index in [0.717, 1.165) is 24.4 Å². The van der Waals surface area contributed by atoms with Crippen molar-refractivity contribution in [3.63, 3.8) is 0 Å². The monoisotopic (exact) mass is 352 g/mol. The van der Waals surface area contributed by atoms with Crippen molar-refractivity contribution >= 4 is 11.6 Å². The summed E-state index contributed by atoms with van der Waals surface area (Å²) in [4.78, 5) is 14.8. The number of hydrogen-bond donors (Lipinski definition) is 1. The molecule has 2 aliphatic heterocycles. The number of nitrogens with zero attached hydrogens (tertiary/aromatic N) is 1. The average molecular weight is 352 g/mol. The maximum Gasteiger partial charge on any atom is 0.238 e. The lowest BCUT2D eigenvalue weighted by molar-refractivity contribution is -0.117. The number of nitrogens with one attached hydrogen (secondary N) is 1. The van der Waals surface area contributed by atoms with E-state index >= 15 is 0 Å². The lowest BCUT2D eigenvalue weighted by atomic mass is 9.97. The largest absolute Gasteiger partial charge is 0.486 e. The van der Waals surface area contributed by atoms with Crippen LogP contribution in [0.15, 0.2) is 48.5 Å². The van der Waals surface area contributed by atoms with Gasteiger partial charge in [-0.15, -0.1) is 0 Å². The van der Waals surface area contributed by atoms with Gasteiger partial charge in [0.2, 0.25) is 5.91 Å². The van der Waals surface area contributed by atoms with Gasteiger partial charge in [0, 0.05) is 24.3 Å². The summed E-state index contributed by atoms with van der Waals surface area (Å²) >= 11 is 0. The number of rotatable bonds is 4. The minimum Gasteiger partial charge on any atom is -0.486 e. The second-order valence-corrected chi connectivity index (χ2v) is 7.03. The van der Waals surface area contributed by atoms with Crippen molar-refractivity contribution in [3.05, 3.63) is 54.1 Å². The lowest BCUT2D eigenvalue weighted by Gasteiger charge is -2.21. The van der Waals surface area contributed by atoms with E-state index in [0.29, 0.717) is 37.5 Å². The number of carbonyl (C=O) groups excluding carboxylic acids is 1. The number of hydrogen-bond acceptors (Lipinski definition) is 4. The Morgan fingerprint density at radius 3 is 2.69 bits per heavy atom. The van der Waals surface area contributed by atoms with Gasteiger partial charge in [-0.2, -0.15) is 0 Å². The molecule has 0 bridgehead atoms. The van der Waals surface area contributed by atoms with Crippen LogP contribution in [0.25, 0.3) is 0 Å². The summed E-state index contributed by atoms with van der Waals surface area (Å²) in [5.41, 5.74) is 2.10. The molecule has 2 heterocycles. The fraction of sp³-hybridized carbons (Fsp3) is 0.381. The molecule has 0 aromatic heterocycles. The molecule has 2 unspecified atom stereocenters. The van der Waals surface area contributed by atoms with Crippen LogP contribution in [0.1, 0.15) is 24.8 Å². The second kappa shape index (κ2) is 7.38. The first-order valence-corrected chi connectivity index (χ1v) is 9.17. The highest BCUT2D eigenvalue weighted by Crippen LogP contribution is 2.33. The van der Waals surface area contributed by atoms with Crippen LogP contribution in [-0.2, 0) is 4.79 Å². The smallest absolute Gasteiger partial charge is 0.238 e. The van der Waals surface area contributed by atoms with E-state index in [9.17, 15) is 4.79 Å². The summed E-state index contributed by atoms with van der Waals surface area (Å²) in [6, 6.07) is 16.5. The summed E-state index contributed by atoms with van der Waals surface area (Å²) in [6.07, 6.45) is 1.08. The maximum atomic E-state index is 12.5. The number of benzene rings is 2. The van der Waals surface area contributed by atoms with Crippen LogP contribution in [0.5, 0.6) is 11.5 Å². The van der Waals surface area contributed by atoms with E-state index in [1.54, 1.807) is 0 Å². The fourth-order valence-electron chi connectivity index (χ4n) is 3.79. The third kappa shape index (κ3) is 3.68. The summed E-state index contributed by atoms with van der Waals surface area (Å²) in [5, 5.41) is 2.98. The topological polar surface area (TPSA) is 50.8 Å². The molecule has 1 amide bonds. The fourth-order valence-corrected chi connectivity index (χ4v) is 3.79. The first kappa shape index (κ1) is 16.9. The van der Waals surface area contributed by atoms with Crippen molar-refractivity contribution in [1.82, 2.24) is 4.90 Å². The third-order valence-corrected chi connectivity index (χ3v) is 5.15. The number of likely N-dealkylation sites (tertiary alicyclic amines) is 1. The molecule has 5 nitrogen and oxygen atoms in total. The summed E-state index contributed by atoms with van der Waals surface area (Å²) in [6.45, 7) is 4.61. The van der Waals surface area contributed by atoms with E-state index in [1.165, 1.54) is 5.56 Å². The van der Waals surface area contributed by atoms with E-state index in [1.807, 2.05) is 24.3 Å². The Balaban J connectivity index is 1.36. The van der Waals surface area contributed by atoms with Gasteiger partial charge >= 0.3 is 0 Å². The van der Waals surface area contributed by atoms with Crippen molar-refractivity contribution < 1.29 is 14.3 Å². The normalized spacial score (nSPS) is 22.2. The number of carbonyl (C=O) groups is 1. The molecule has 2 aromatic carbocycles. The molecule has 1 saturated heterocycles. The molecule has 26 heavy (non-hydrogen) atoms. The van der Waals surface area contributed by atoms with Gasteiger partial charge in [0.1, 0.15) is 13.2 Å². The Labute approximate surface area is 153 Å². The van der Waals surface area contributed by atoms with Crippen molar-refractivity contribution in [2.45, 2.75) is 25.3 Å². The molecule has 4 rings (SSSR count). The van der Waals surface area contributed by atoms with Crippen LogP contribution in [0.3, 0.4) is 0 Å². The van der Waals surface area contributed by atoms with Crippen LogP contribution in [-0.4, -0.2) is 43.2 Å². The Bertz CT molecular complexity index is 778. The van der Waals surface area contributed by atoms with Crippen LogP contribution >= 0.6 is 0 Å². The Kier molecular flexibility index (Phi) is 4.80. The third-order valence-electron chi connectivity index (χ3n) is 5.15. The molecule has 2 atom stereocenters. The maximum absolute atomic E-state index is 12.5. The van der Waals surface area contributed by atoms with Crippen molar-refractivity contribution in [2.24, 2.45) is 0 Å². The van der Waals surface area contributed by atoms with Crippen molar-refractivity contribution in [3.8, 4) is 11.5 Å². The van der Waals surface area contributed by atoms with Gasteiger partial charge in [-0.1, -0.05) is 30.3 Å². The Morgan fingerprint density at radius 1 is 1.12 bits per heavy atom. The number of anilines is 1. The first-order valence-electron chi connectivity index (χ1n) is 9.17. The molecule has 136 valence electrons. The summed E-state index contributed by atoms with van der Waals surface area (Å²) < 4.78 is 11.1. The van der Waals surface area contributed by atoms with Gasteiger partial charge in [0.05, 0.1) is 6.54 Å². The number of fused-ring (bicyclic) bond motifs is 1. The lowest BCUT2D eigenvalue weighted by Crippen LogP contribution is -2.35. The molecule has 2 aliphatic rings. The zero-order valence-electron chi connectivity index (χ0n) is 15.0. The zero-order chi connectivity index (χ0) is 17.9. The minimum absolute atomic E-state index is 0.00207. The van der Waals surface area contributed by atoms with E-state index in [-0.39, 0.29) is 5.91 Å². The van der Waals surface area contributed by atoms with Gasteiger partial charge in [0.15, 0.2) is 11.5 Å².